The number of sulfonamides is 1. The lowest BCUT2D eigenvalue weighted by Crippen LogP contribution is -2.23. The van der Waals surface area contributed by atoms with Crippen molar-refractivity contribution in [1.82, 2.24) is 13.9 Å². The van der Waals surface area contributed by atoms with Crippen LogP contribution in [-0.4, -0.2) is 36.4 Å². The fraction of sp³-hybridized carbons (Fsp3) is 0.333. The molecule has 114 valence electrons. The first-order valence-corrected chi connectivity index (χ1v) is 8.54. The maximum atomic E-state index is 12.3. The molecule has 0 aliphatic rings. The SMILES string of the molecule is Cc1ccc(OCc2nnsc2Cl)c(S(=O)(=O)N(C)C)c1. The Morgan fingerprint density at radius 3 is 2.67 bits per heavy atom. The van der Waals surface area contributed by atoms with Gasteiger partial charge in [-0.15, -0.1) is 5.10 Å². The highest BCUT2D eigenvalue weighted by molar-refractivity contribution is 7.89. The van der Waals surface area contributed by atoms with Gasteiger partial charge in [-0.1, -0.05) is 22.2 Å². The van der Waals surface area contributed by atoms with Gasteiger partial charge in [-0.25, -0.2) is 12.7 Å². The van der Waals surface area contributed by atoms with Crippen LogP contribution in [0.2, 0.25) is 4.34 Å². The Kier molecular flexibility index (Phi) is 4.82. The number of hydrogen-bond acceptors (Lipinski definition) is 6. The van der Waals surface area contributed by atoms with E-state index >= 15 is 0 Å². The van der Waals surface area contributed by atoms with Gasteiger partial charge in [0.25, 0.3) is 0 Å². The first kappa shape index (κ1) is 16.2. The highest BCUT2D eigenvalue weighted by Gasteiger charge is 2.23. The summed E-state index contributed by atoms with van der Waals surface area (Å²) in [7, 11) is -0.640. The smallest absolute Gasteiger partial charge is 0.246 e. The molecule has 0 radical (unpaired) electrons. The molecule has 0 atom stereocenters. The van der Waals surface area contributed by atoms with Gasteiger partial charge in [0.15, 0.2) is 0 Å². The van der Waals surface area contributed by atoms with Crippen molar-refractivity contribution < 1.29 is 13.2 Å². The second-order valence-corrected chi connectivity index (χ2v) is 8.00. The first-order chi connectivity index (χ1) is 9.82. The standard InChI is InChI=1S/C12H14ClN3O3S2/c1-8-4-5-10(11(6-8)21(17,18)16(2)3)19-7-9-12(13)20-15-14-9/h4-6H,7H2,1-3H3. The summed E-state index contributed by atoms with van der Waals surface area (Å²) in [6.45, 7) is 1.88. The number of nitrogens with zero attached hydrogens (tertiary/aromatic N) is 3. The summed E-state index contributed by atoms with van der Waals surface area (Å²) in [5, 5.41) is 3.83. The minimum absolute atomic E-state index is 0.0638. The Hall–Kier alpha value is -1.22. The summed E-state index contributed by atoms with van der Waals surface area (Å²) in [6.07, 6.45) is 0. The number of aryl methyl sites for hydroxylation is 1. The van der Waals surface area contributed by atoms with Gasteiger partial charge in [-0.2, -0.15) is 0 Å². The monoisotopic (exact) mass is 347 g/mol. The third kappa shape index (κ3) is 3.52. The lowest BCUT2D eigenvalue weighted by Gasteiger charge is -2.16. The van der Waals surface area contributed by atoms with Crippen molar-refractivity contribution in [3.63, 3.8) is 0 Å². The third-order valence-electron chi connectivity index (χ3n) is 2.73. The van der Waals surface area contributed by atoms with Crippen LogP contribution >= 0.6 is 23.1 Å². The van der Waals surface area contributed by atoms with Gasteiger partial charge in [0.1, 0.15) is 27.3 Å². The summed E-state index contributed by atoms with van der Waals surface area (Å²) in [4.78, 5) is 0.117. The molecule has 2 rings (SSSR count). The summed E-state index contributed by atoms with van der Waals surface area (Å²) >= 11 is 6.95. The summed E-state index contributed by atoms with van der Waals surface area (Å²) in [6, 6.07) is 4.98. The molecule has 9 heteroatoms. The van der Waals surface area contributed by atoms with Gasteiger partial charge >= 0.3 is 0 Å². The molecule has 1 aromatic heterocycles. The highest BCUT2D eigenvalue weighted by Crippen LogP contribution is 2.28. The minimum atomic E-state index is -3.59. The van der Waals surface area contributed by atoms with E-state index in [2.05, 4.69) is 9.59 Å². The van der Waals surface area contributed by atoms with E-state index < -0.39 is 10.0 Å². The van der Waals surface area contributed by atoms with Gasteiger partial charge in [-0.05, 0) is 24.6 Å². The Balaban J connectivity index is 2.34. The largest absolute Gasteiger partial charge is 0.486 e. The number of benzene rings is 1. The quantitative estimate of drug-likeness (QED) is 0.830. The molecule has 0 aliphatic heterocycles. The minimum Gasteiger partial charge on any atom is -0.486 e. The van der Waals surface area contributed by atoms with Gasteiger partial charge in [0.2, 0.25) is 10.0 Å². The molecular formula is C12H14ClN3O3S2. The zero-order chi connectivity index (χ0) is 15.6. The van der Waals surface area contributed by atoms with Crippen LogP contribution < -0.4 is 4.74 Å². The summed E-state index contributed by atoms with van der Waals surface area (Å²) in [5.41, 5.74) is 1.31. The van der Waals surface area contributed by atoms with Crippen molar-refractivity contribution in [2.45, 2.75) is 18.4 Å². The van der Waals surface area contributed by atoms with Crippen molar-refractivity contribution in [3.8, 4) is 5.75 Å². The maximum Gasteiger partial charge on any atom is 0.246 e. The summed E-state index contributed by atoms with van der Waals surface area (Å²) < 4.78 is 35.5. The predicted octanol–water partition coefficient (Wildman–Crippen LogP) is 2.33. The van der Waals surface area contributed by atoms with Crippen LogP contribution in [-0.2, 0) is 16.6 Å². The number of halogens is 1. The fourth-order valence-corrected chi connectivity index (χ4v) is 3.27. The zero-order valence-electron chi connectivity index (χ0n) is 11.7. The Labute approximate surface area is 132 Å². The van der Waals surface area contributed by atoms with Gasteiger partial charge in [0.05, 0.1) is 0 Å². The molecule has 0 saturated carbocycles. The number of aromatic nitrogens is 2. The van der Waals surface area contributed by atoms with E-state index in [1.54, 1.807) is 18.2 Å². The average molecular weight is 348 g/mol. The normalized spacial score (nSPS) is 11.9. The predicted molar refractivity (Wildman–Crippen MR) is 81.3 cm³/mol. The second kappa shape index (κ2) is 6.27. The van der Waals surface area contributed by atoms with Crippen molar-refractivity contribution in [3.05, 3.63) is 33.8 Å². The second-order valence-electron chi connectivity index (χ2n) is 4.52. The Morgan fingerprint density at radius 2 is 2.10 bits per heavy atom. The van der Waals surface area contributed by atoms with Gasteiger partial charge in [0, 0.05) is 25.6 Å². The van der Waals surface area contributed by atoms with Crippen LogP contribution in [0.3, 0.4) is 0 Å². The van der Waals surface area contributed by atoms with Crippen molar-refractivity contribution >= 4 is 33.2 Å². The maximum absolute atomic E-state index is 12.3. The van der Waals surface area contributed by atoms with E-state index in [1.165, 1.54) is 14.1 Å². The molecule has 2 aromatic rings. The molecule has 0 amide bonds. The number of hydrogen-bond donors (Lipinski definition) is 0. The highest BCUT2D eigenvalue weighted by atomic mass is 35.5. The van der Waals surface area contributed by atoms with Crippen molar-refractivity contribution in [2.75, 3.05) is 14.1 Å². The molecule has 21 heavy (non-hydrogen) atoms. The molecule has 0 unspecified atom stereocenters. The molecule has 0 spiro atoms. The molecule has 0 saturated heterocycles. The molecule has 1 heterocycles. The van der Waals surface area contributed by atoms with Gasteiger partial charge in [-0.3, -0.25) is 0 Å². The zero-order valence-corrected chi connectivity index (χ0v) is 14.1. The number of rotatable bonds is 5. The van der Waals surface area contributed by atoms with E-state index in [9.17, 15) is 8.42 Å². The third-order valence-corrected chi connectivity index (χ3v) is 5.55. The first-order valence-electron chi connectivity index (χ1n) is 5.95. The molecule has 0 aliphatic carbocycles. The molecule has 0 bridgehead atoms. The van der Waals surface area contributed by atoms with E-state index in [0.717, 1.165) is 21.4 Å². The van der Waals surface area contributed by atoms with Crippen LogP contribution in [0.15, 0.2) is 23.1 Å². The molecule has 6 nitrogen and oxygen atoms in total. The average Bonchev–Trinajstić information content (AvgIpc) is 2.82. The molecule has 0 fully saturated rings. The fourth-order valence-electron chi connectivity index (χ4n) is 1.56. The molecule has 1 aromatic carbocycles. The number of ether oxygens (including phenoxy) is 1. The lowest BCUT2D eigenvalue weighted by atomic mass is 10.2. The van der Waals surface area contributed by atoms with Crippen LogP contribution in [0.25, 0.3) is 0 Å². The van der Waals surface area contributed by atoms with E-state index in [-0.39, 0.29) is 17.3 Å². The van der Waals surface area contributed by atoms with Crippen LogP contribution in [0.1, 0.15) is 11.3 Å². The van der Waals surface area contributed by atoms with Crippen LogP contribution in [0.4, 0.5) is 0 Å². The van der Waals surface area contributed by atoms with Crippen molar-refractivity contribution in [2.24, 2.45) is 0 Å². The van der Waals surface area contributed by atoms with E-state index in [0.29, 0.717) is 10.0 Å². The Morgan fingerprint density at radius 1 is 1.38 bits per heavy atom. The van der Waals surface area contributed by atoms with E-state index in [1.807, 2.05) is 6.92 Å². The lowest BCUT2D eigenvalue weighted by molar-refractivity contribution is 0.292. The van der Waals surface area contributed by atoms with Gasteiger partial charge < -0.3 is 4.74 Å². The molecule has 0 N–H and O–H groups in total. The summed E-state index contributed by atoms with van der Waals surface area (Å²) in [5.74, 6) is 0.262. The van der Waals surface area contributed by atoms with Crippen LogP contribution in [0, 0.1) is 6.92 Å². The van der Waals surface area contributed by atoms with Crippen LogP contribution in [0.5, 0.6) is 5.75 Å². The van der Waals surface area contributed by atoms with Crippen molar-refractivity contribution in [1.29, 1.82) is 0 Å². The topological polar surface area (TPSA) is 72.4 Å². The van der Waals surface area contributed by atoms with E-state index in [4.69, 9.17) is 16.3 Å². The molecular weight excluding hydrogens is 334 g/mol. The Bertz CT molecular complexity index is 744.